The van der Waals surface area contributed by atoms with Crippen molar-refractivity contribution in [2.45, 2.75) is 19.8 Å². The van der Waals surface area contributed by atoms with E-state index in [-0.39, 0.29) is 11.5 Å². The van der Waals surface area contributed by atoms with Gasteiger partial charge in [-0.2, -0.15) is 0 Å². The van der Waals surface area contributed by atoms with Crippen LogP contribution in [0.3, 0.4) is 0 Å². The second-order valence-corrected chi connectivity index (χ2v) is 6.82. The number of H-pyrrole nitrogens is 1. The maximum Gasteiger partial charge on any atom is 0.338 e. The first kappa shape index (κ1) is 15.7. The van der Waals surface area contributed by atoms with Crippen molar-refractivity contribution in [2.24, 2.45) is 0 Å². The number of fused-ring (bicyclic) bond motifs is 1. The highest BCUT2D eigenvalue weighted by Gasteiger charge is 2.16. The van der Waals surface area contributed by atoms with Gasteiger partial charge in [0, 0.05) is 23.7 Å². The van der Waals surface area contributed by atoms with E-state index < -0.39 is 5.97 Å². The van der Waals surface area contributed by atoms with Crippen molar-refractivity contribution in [1.29, 1.82) is 0 Å². The molecule has 0 aliphatic rings. The highest BCUT2D eigenvalue weighted by atomic mass is 32.1. The number of carbonyl (C=O) groups is 2. The summed E-state index contributed by atoms with van der Waals surface area (Å²) in [7, 11) is 0. The van der Waals surface area contributed by atoms with Crippen LogP contribution in [0.15, 0.2) is 16.8 Å². The number of carboxylic acids is 1. The number of aryl methyl sites for hydroxylation is 1. The van der Waals surface area contributed by atoms with Gasteiger partial charge in [-0.25, -0.2) is 9.78 Å². The van der Waals surface area contributed by atoms with Gasteiger partial charge in [0.15, 0.2) is 0 Å². The Bertz CT molecular complexity index is 862. The SMILES string of the molecule is CCc1csc(CCNC(=O)c2cc3scc(C(=O)O)c3[nH]2)n1. The largest absolute Gasteiger partial charge is 0.478 e. The number of aromatic amines is 1. The van der Waals surface area contributed by atoms with E-state index >= 15 is 0 Å². The fraction of sp³-hybridized carbons (Fsp3) is 0.267. The van der Waals surface area contributed by atoms with Crippen molar-refractivity contribution in [1.82, 2.24) is 15.3 Å². The van der Waals surface area contributed by atoms with E-state index in [0.717, 1.165) is 21.8 Å². The van der Waals surface area contributed by atoms with Gasteiger partial charge in [-0.05, 0) is 12.5 Å². The van der Waals surface area contributed by atoms with E-state index in [4.69, 9.17) is 5.11 Å². The molecule has 8 heteroatoms. The van der Waals surface area contributed by atoms with Crippen LogP contribution >= 0.6 is 22.7 Å². The van der Waals surface area contributed by atoms with Gasteiger partial charge in [-0.3, -0.25) is 4.79 Å². The number of carbonyl (C=O) groups excluding carboxylic acids is 1. The van der Waals surface area contributed by atoms with Crippen LogP contribution in [0, 0.1) is 0 Å². The molecular weight excluding hydrogens is 334 g/mol. The number of hydrogen-bond donors (Lipinski definition) is 3. The molecule has 3 N–H and O–H groups in total. The molecule has 0 aromatic carbocycles. The molecule has 0 unspecified atom stereocenters. The van der Waals surface area contributed by atoms with Gasteiger partial charge in [0.25, 0.3) is 5.91 Å². The Kier molecular flexibility index (Phi) is 4.44. The predicted octanol–water partition coefficient (Wildman–Crippen LogP) is 2.92. The Morgan fingerprint density at radius 2 is 2.17 bits per heavy atom. The molecule has 0 spiro atoms. The number of carboxylic acid groups (broad SMARTS) is 1. The third-order valence-electron chi connectivity index (χ3n) is 3.42. The van der Waals surface area contributed by atoms with Gasteiger partial charge in [-0.15, -0.1) is 22.7 Å². The minimum atomic E-state index is -0.999. The molecule has 0 saturated carbocycles. The zero-order chi connectivity index (χ0) is 16.4. The van der Waals surface area contributed by atoms with Crippen molar-refractivity contribution in [3.05, 3.63) is 38.8 Å². The molecule has 1 amide bonds. The molecule has 120 valence electrons. The van der Waals surface area contributed by atoms with Gasteiger partial charge in [0.05, 0.1) is 26.5 Å². The molecule has 3 aromatic rings. The maximum atomic E-state index is 12.1. The second kappa shape index (κ2) is 6.51. The molecule has 0 bridgehead atoms. The first-order valence-electron chi connectivity index (χ1n) is 7.13. The third kappa shape index (κ3) is 3.27. The molecular formula is C15H15N3O3S2. The highest BCUT2D eigenvalue weighted by Crippen LogP contribution is 2.26. The van der Waals surface area contributed by atoms with Crippen LogP contribution in [0.5, 0.6) is 0 Å². The normalized spacial score (nSPS) is 11.0. The van der Waals surface area contributed by atoms with Crippen LogP contribution in [0.1, 0.15) is 38.5 Å². The zero-order valence-electron chi connectivity index (χ0n) is 12.4. The van der Waals surface area contributed by atoms with Gasteiger partial charge in [-0.1, -0.05) is 6.92 Å². The molecule has 0 radical (unpaired) electrons. The van der Waals surface area contributed by atoms with Crippen LogP contribution < -0.4 is 5.32 Å². The van der Waals surface area contributed by atoms with Crippen LogP contribution in [0.4, 0.5) is 0 Å². The standard InChI is InChI=1S/C15H15N3O3S2/c1-2-8-6-23-12(17-8)3-4-16-14(19)10-5-11-13(18-10)9(7-22-11)15(20)21/h5-7,18H,2-4H2,1H3,(H,16,19)(H,20,21). The average Bonchev–Trinajstić information content (AvgIpc) is 3.21. The lowest BCUT2D eigenvalue weighted by molar-refractivity contribution is 0.0699. The zero-order valence-corrected chi connectivity index (χ0v) is 14.0. The number of rotatable bonds is 6. The summed E-state index contributed by atoms with van der Waals surface area (Å²) >= 11 is 2.90. The molecule has 23 heavy (non-hydrogen) atoms. The highest BCUT2D eigenvalue weighted by molar-refractivity contribution is 7.17. The number of thiophene rings is 1. The minimum absolute atomic E-state index is 0.193. The smallest absolute Gasteiger partial charge is 0.338 e. The van der Waals surface area contributed by atoms with E-state index in [0.29, 0.717) is 24.2 Å². The summed E-state index contributed by atoms with van der Waals surface area (Å²) in [5.41, 5.74) is 2.14. The monoisotopic (exact) mass is 349 g/mol. The molecule has 0 fully saturated rings. The summed E-state index contributed by atoms with van der Waals surface area (Å²) in [6.45, 7) is 2.55. The van der Waals surface area contributed by atoms with Crippen molar-refractivity contribution in [3.8, 4) is 0 Å². The number of amides is 1. The van der Waals surface area contributed by atoms with Crippen LogP contribution in [0.2, 0.25) is 0 Å². The van der Waals surface area contributed by atoms with E-state index in [1.54, 1.807) is 22.8 Å². The Morgan fingerprint density at radius 3 is 2.87 bits per heavy atom. The van der Waals surface area contributed by atoms with Crippen molar-refractivity contribution < 1.29 is 14.7 Å². The molecule has 3 aromatic heterocycles. The Hall–Kier alpha value is -2.19. The van der Waals surface area contributed by atoms with Gasteiger partial charge in [0.2, 0.25) is 0 Å². The first-order valence-corrected chi connectivity index (χ1v) is 8.89. The maximum absolute atomic E-state index is 12.1. The Morgan fingerprint density at radius 1 is 1.35 bits per heavy atom. The number of aromatic carboxylic acids is 1. The van der Waals surface area contributed by atoms with E-state index in [9.17, 15) is 9.59 Å². The Labute approximate surface area is 140 Å². The number of nitrogens with one attached hydrogen (secondary N) is 2. The summed E-state index contributed by atoms with van der Waals surface area (Å²) in [6, 6.07) is 1.68. The Balaban J connectivity index is 1.62. The summed E-state index contributed by atoms with van der Waals surface area (Å²) in [4.78, 5) is 30.6. The fourth-order valence-electron chi connectivity index (χ4n) is 2.19. The fourth-order valence-corrected chi connectivity index (χ4v) is 4.00. The third-order valence-corrected chi connectivity index (χ3v) is 5.30. The van der Waals surface area contributed by atoms with Crippen LogP contribution in [-0.2, 0) is 12.8 Å². The topological polar surface area (TPSA) is 95.1 Å². The lowest BCUT2D eigenvalue weighted by atomic mass is 10.3. The van der Waals surface area contributed by atoms with Gasteiger partial charge in [0.1, 0.15) is 5.69 Å². The molecule has 0 saturated heterocycles. The van der Waals surface area contributed by atoms with Crippen molar-refractivity contribution in [3.63, 3.8) is 0 Å². The van der Waals surface area contributed by atoms with E-state index in [2.05, 4.69) is 22.2 Å². The lowest BCUT2D eigenvalue weighted by Gasteiger charge is -2.01. The molecule has 0 aliphatic carbocycles. The van der Waals surface area contributed by atoms with Crippen LogP contribution in [-0.4, -0.2) is 33.5 Å². The number of nitrogens with zero attached hydrogens (tertiary/aromatic N) is 1. The summed E-state index contributed by atoms with van der Waals surface area (Å²) in [5.74, 6) is -1.24. The number of thiazole rings is 1. The van der Waals surface area contributed by atoms with Crippen molar-refractivity contribution in [2.75, 3.05) is 6.54 Å². The van der Waals surface area contributed by atoms with Gasteiger partial charge < -0.3 is 15.4 Å². The minimum Gasteiger partial charge on any atom is -0.478 e. The average molecular weight is 349 g/mol. The quantitative estimate of drug-likeness (QED) is 0.638. The first-order chi connectivity index (χ1) is 11.1. The molecule has 6 nitrogen and oxygen atoms in total. The van der Waals surface area contributed by atoms with Crippen molar-refractivity contribution >= 4 is 44.8 Å². The van der Waals surface area contributed by atoms with E-state index in [1.165, 1.54) is 11.3 Å². The summed E-state index contributed by atoms with van der Waals surface area (Å²) in [6.07, 6.45) is 1.60. The molecule has 0 atom stereocenters. The summed E-state index contributed by atoms with van der Waals surface area (Å²) < 4.78 is 0.764. The molecule has 3 heterocycles. The summed E-state index contributed by atoms with van der Waals surface area (Å²) in [5, 5.41) is 16.5. The number of hydrogen-bond acceptors (Lipinski definition) is 5. The van der Waals surface area contributed by atoms with E-state index in [1.807, 2.05) is 5.38 Å². The predicted molar refractivity (Wildman–Crippen MR) is 90.7 cm³/mol. The van der Waals surface area contributed by atoms with Crippen LogP contribution in [0.25, 0.3) is 10.2 Å². The second-order valence-electron chi connectivity index (χ2n) is 4.97. The number of aromatic nitrogens is 2. The molecule has 0 aliphatic heterocycles. The lowest BCUT2D eigenvalue weighted by Crippen LogP contribution is -2.25. The van der Waals surface area contributed by atoms with Gasteiger partial charge >= 0.3 is 5.97 Å². The molecule has 3 rings (SSSR count).